The van der Waals surface area contributed by atoms with Gasteiger partial charge in [0.2, 0.25) is 5.89 Å². The highest BCUT2D eigenvalue weighted by atomic mass is 16.5. The standard InChI is InChI=1S/C22H36N4O4/c27-22(23-18-6-2-1-3-7-18)26-12-5-4-8-19(26)21-24-20(25-30-21)11-15-29-16-17-9-13-28-14-10-17/h17-19H,1-16H2,(H,23,27). The van der Waals surface area contributed by atoms with E-state index in [-0.39, 0.29) is 12.1 Å². The number of hydrogen-bond acceptors (Lipinski definition) is 6. The number of ether oxygens (including phenoxy) is 2. The van der Waals surface area contributed by atoms with Crippen molar-refractivity contribution in [2.24, 2.45) is 5.92 Å². The van der Waals surface area contributed by atoms with E-state index in [0.717, 1.165) is 71.3 Å². The molecule has 8 heteroatoms. The highest BCUT2D eigenvalue weighted by molar-refractivity contribution is 5.75. The van der Waals surface area contributed by atoms with Gasteiger partial charge in [0.05, 0.1) is 6.61 Å². The maximum atomic E-state index is 12.9. The van der Waals surface area contributed by atoms with Gasteiger partial charge in [0, 0.05) is 38.8 Å². The number of hydrogen-bond donors (Lipinski definition) is 1. The van der Waals surface area contributed by atoms with Crippen molar-refractivity contribution in [3.8, 4) is 0 Å². The Morgan fingerprint density at radius 3 is 2.70 bits per heavy atom. The minimum absolute atomic E-state index is 0.0196. The molecule has 1 saturated carbocycles. The molecule has 3 fully saturated rings. The number of amides is 2. The maximum absolute atomic E-state index is 12.9. The van der Waals surface area contributed by atoms with Crippen molar-refractivity contribution in [3.05, 3.63) is 11.7 Å². The third kappa shape index (κ3) is 5.94. The van der Waals surface area contributed by atoms with Crippen LogP contribution in [0.4, 0.5) is 4.79 Å². The first-order chi connectivity index (χ1) is 14.8. The van der Waals surface area contributed by atoms with Crippen molar-refractivity contribution in [2.75, 3.05) is 33.0 Å². The first-order valence-corrected chi connectivity index (χ1v) is 11.8. The lowest BCUT2D eigenvalue weighted by Crippen LogP contribution is -2.48. The van der Waals surface area contributed by atoms with Crippen LogP contribution in [0.2, 0.25) is 0 Å². The van der Waals surface area contributed by atoms with Crippen LogP contribution in [-0.4, -0.2) is 60.1 Å². The molecule has 4 rings (SSSR count). The number of piperidine rings is 1. The fourth-order valence-corrected chi connectivity index (χ4v) is 4.77. The number of urea groups is 1. The van der Waals surface area contributed by atoms with E-state index < -0.39 is 0 Å². The Hall–Kier alpha value is -1.67. The van der Waals surface area contributed by atoms with Crippen LogP contribution >= 0.6 is 0 Å². The number of aromatic nitrogens is 2. The van der Waals surface area contributed by atoms with E-state index in [1.165, 1.54) is 19.3 Å². The van der Waals surface area contributed by atoms with E-state index in [0.29, 0.717) is 36.7 Å². The summed E-state index contributed by atoms with van der Waals surface area (Å²) in [4.78, 5) is 19.4. The van der Waals surface area contributed by atoms with Crippen molar-refractivity contribution in [2.45, 2.75) is 82.7 Å². The fourth-order valence-electron chi connectivity index (χ4n) is 4.77. The summed E-state index contributed by atoms with van der Waals surface area (Å²) in [6, 6.07) is 0.206. The second-order valence-electron chi connectivity index (χ2n) is 8.92. The lowest BCUT2D eigenvalue weighted by Gasteiger charge is -2.35. The SMILES string of the molecule is O=C(NC1CCCCC1)N1CCCCC1c1nc(CCOCC2CCOCC2)no1. The zero-order chi connectivity index (χ0) is 20.6. The molecular formula is C22H36N4O4. The number of rotatable bonds is 7. The number of nitrogens with one attached hydrogen (secondary N) is 1. The molecule has 1 atom stereocenters. The fraction of sp³-hybridized carbons (Fsp3) is 0.864. The minimum atomic E-state index is -0.119. The summed E-state index contributed by atoms with van der Waals surface area (Å²) in [5.74, 6) is 1.82. The molecule has 8 nitrogen and oxygen atoms in total. The molecule has 3 aliphatic rings. The second-order valence-corrected chi connectivity index (χ2v) is 8.92. The van der Waals surface area contributed by atoms with Gasteiger partial charge in [-0.3, -0.25) is 0 Å². The third-order valence-corrected chi connectivity index (χ3v) is 6.63. The Labute approximate surface area is 179 Å². The maximum Gasteiger partial charge on any atom is 0.318 e. The second kappa shape index (κ2) is 11.1. The van der Waals surface area contributed by atoms with Crippen molar-refractivity contribution in [1.29, 1.82) is 0 Å². The van der Waals surface area contributed by atoms with Crippen molar-refractivity contribution < 1.29 is 18.8 Å². The van der Waals surface area contributed by atoms with E-state index in [9.17, 15) is 4.79 Å². The Morgan fingerprint density at radius 1 is 1.07 bits per heavy atom. The van der Waals surface area contributed by atoms with E-state index >= 15 is 0 Å². The molecule has 0 spiro atoms. The molecule has 0 bridgehead atoms. The highest BCUT2D eigenvalue weighted by Gasteiger charge is 2.33. The van der Waals surface area contributed by atoms with Crippen LogP contribution in [-0.2, 0) is 15.9 Å². The molecule has 3 heterocycles. The normalized spacial score (nSPS) is 24.1. The quantitative estimate of drug-likeness (QED) is 0.678. The monoisotopic (exact) mass is 420 g/mol. The van der Waals surface area contributed by atoms with Crippen molar-refractivity contribution in [1.82, 2.24) is 20.4 Å². The van der Waals surface area contributed by atoms with Gasteiger partial charge in [-0.1, -0.05) is 24.4 Å². The largest absolute Gasteiger partial charge is 0.381 e. The molecule has 1 aromatic heterocycles. The number of likely N-dealkylation sites (tertiary alicyclic amines) is 1. The van der Waals surface area contributed by atoms with Crippen LogP contribution in [0.15, 0.2) is 4.52 Å². The topological polar surface area (TPSA) is 89.7 Å². The Kier molecular flexibility index (Phi) is 7.97. The molecule has 1 aliphatic carbocycles. The van der Waals surface area contributed by atoms with E-state index in [1.54, 1.807) is 0 Å². The van der Waals surface area contributed by atoms with Crippen LogP contribution < -0.4 is 5.32 Å². The molecule has 30 heavy (non-hydrogen) atoms. The summed E-state index contributed by atoms with van der Waals surface area (Å²) in [5.41, 5.74) is 0. The molecular weight excluding hydrogens is 384 g/mol. The molecule has 1 unspecified atom stereocenters. The predicted octanol–water partition coefficient (Wildman–Crippen LogP) is 3.62. The summed E-state index contributed by atoms with van der Waals surface area (Å²) in [6.07, 6.45) is 11.6. The van der Waals surface area contributed by atoms with Gasteiger partial charge >= 0.3 is 6.03 Å². The van der Waals surface area contributed by atoms with Gasteiger partial charge in [0.1, 0.15) is 6.04 Å². The van der Waals surface area contributed by atoms with Crippen LogP contribution in [0.25, 0.3) is 0 Å². The minimum Gasteiger partial charge on any atom is -0.381 e. The number of carbonyl (C=O) groups is 1. The van der Waals surface area contributed by atoms with Gasteiger partial charge in [-0.25, -0.2) is 4.79 Å². The van der Waals surface area contributed by atoms with Crippen molar-refractivity contribution in [3.63, 3.8) is 0 Å². The third-order valence-electron chi connectivity index (χ3n) is 6.63. The zero-order valence-electron chi connectivity index (χ0n) is 18.0. The number of nitrogens with zero attached hydrogens (tertiary/aromatic N) is 3. The lowest BCUT2D eigenvalue weighted by atomic mass is 9.95. The Bertz CT molecular complexity index is 655. The highest BCUT2D eigenvalue weighted by Crippen LogP contribution is 2.30. The first-order valence-electron chi connectivity index (χ1n) is 11.8. The van der Waals surface area contributed by atoms with Gasteiger partial charge in [-0.2, -0.15) is 4.98 Å². The summed E-state index contributed by atoms with van der Waals surface area (Å²) >= 11 is 0. The van der Waals surface area contributed by atoms with Crippen LogP contribution in [0.5, 0.6) is 0 Å². The lowest BCUT2D eigenvalue weighted by molar-refractivity contribution is 0.0211. The molecule has 0 aromatic carbocycles. The van der Waals surface area contributed by atoms with Crippen LogP contribution in [0, 0.1) is 5.92 Å². The molecule has 1 aromatic rings. The molecule has 1 N–H and O–H groups in total. The predicted molar refractivity (Wildman–Crippen MR) is 111 cm³/mol. The van der Waals surface area contributed by atoms with Crippen LogP contribution in [0.3, 0.4) is 0 Å². The molecule has 2 aliphatic heterocycles. The van der Waals surface area contributed by atoms with Gasteiger partial charge < -0.3 is 24.2 Å². The van der Waals surface area contributed by atoms with Crippen LogP contribution in [0.1, 0.15) is 82.0 Å². The van der Waals surface area contributed by atoms with E-state index in [1.807, 2.05) is 4.90 Å². The first kappa shape index (κ1) is 21.6. The zero-order valence-corrected chi connectivity index (χ0v) is 18.0. The molecule has 0 radical (unpaired) electrons. The smallest absolute Gasteiger partial charge is 0.318 e. The average Bonchev–Trinajstić information content (AvgIpc) is 3.27. The average molecular weight is 421 g/mol. The molecule has 168 valence electrons. The van der Waals surface area contributed by atoms with E-state index in [4.69, 9.17) is 14.0 Å². The summed E-state index contributed by atoms with van der Waals surface area (Å²) < 4.78 is 16.8. The summed E-state index contributed by atoms with van der Waals surface area (Å²) in [6.45, 7) is 3.79. The van der Waals surface area contributed by atoms with Crippen molar-refractivity contribution >= 4 is 6.03 Å². The summed E-state index contributed by atoms with van der Waals surface area (Å²) in [7, 11) is 0. The molecule has 2 amide bonds. The Morgan fingerprint density at radius 2 is 1.87 bits per heavy atom. The van der Waals surface area contributed by atoms with Gasteiger partial charge in [-0.05, 0) is 50.9 Å². The van der Waals surface area contributed by atoms with Gasteiger partial charge in [-0.15, -0.1) is 0 Å². The molecule has 2 saturated heterocycles. The number of carbonyl (C=O) groups excluding carboxylic acids is 1. The van der Waals surface area contributed by atoms with E-state index in [2.05, 4.69) is 15.5 Å². The van der Waals surface area contributed by atoms with Gasteiger partial charge in [0.15, 0.2) is 5.82 Å². The summed E-state index contributed by atoms with van der Waals surface area (Å²) in [5, 5.41) is 7.38. The Balaban J connectivity index is 1.26. The van der Waals surface area contributed by atoms with Gasteiger partial charge in [0.25, 0.3) is 0 Å².